The van der Waals surface area contributed by atoms with E-state index < -0.39 is 102 Å². The van der Waals surface area contributed by atoms with Gasteiger partial charge in [-0.3, -0.25) is 4.79 Å². The number of carbonyl (C=O) groups excluding carboxylic acids is 1. The number of hydrogen-bond acceptors (Lipinski definition) is 14. The Bertz CT molecular complexity index is 1100. The van der Waals surface area contributed by atoms with E-state index in [9.17, 15) is 30.3 Å². The van der Waals surface area contributed by atoms with Crippen LogP contribution < -0.4 is 5.73 Å². The number of methoxy groups -OCH3 is 1. The molecule has 0 radical (unpaired) electrons. The molecule has 0 aromatic rings. The molecule has 0 bridgehead atoms. The smallest absolute Gasteiger partial charge is 0.311 e. The molecule has 3 saturated heterocycles. The average Bonchev–Trinajstić information content (AvgIpc) is 3.03. The van der Waals surface area contributed by atoms with Gasteiger partial charge in [-0.1, -0.05) is 20.8 Å². The summed E-state index contributed by atoms with van der Waals surface area (Å²) < 4.78 is 37.0. The fraction of sp³-hybridized carbons (Fsp3) is 0.972. The first-order valence-electron chi connectivity index (χ1n) is 18.3. The molecule has 3 heterocycles. The van der Waals surface area contributed by atoms with Crippen LogP contribution in [0.25, 0.3) is 0 Å². The Morgan fingerprint density at radius 1 is 0.960 bits per heavy atom. The van der Waals surface area contributed by atoms with Crippen LogP contribution in [0.15, 0.2) is 0 Å². The number of nitrogens with zero attached hydrogens (tertiary/aromatic N) is 1. The van der Waals surface area contributed by atoms with Gasteiger partial charge in [-0.15, -0.1) is 0 Å². The molecule has 0 aromatic heterocycles. The molecule has 14 nitrogen and oxygen atoms in total. The Balaban J connectivity index is 2.16. The van der Waals surface area contributed by atoms with Crippen molar-refractivity contribution in [3.8, 4) is 0 Å². The van der Waals surface area contributed by atoms with Gasteiger partial charge >= 0.3 is 5.97 Å². The Morgan fingerprint density at radius 2 is 1.58 bits per heavy atom. The minimum absolute atomic E-state index is 0.123. The summed E-state index contributed by atoms with van der Waals surface area (Å²) in [6.45, 7) is 17.8. The van der Waals surface area contributed by atoms with Crippen molar-refractivity contribution in [1.29, 1.82) is 0 Å². The van der Waals surface area contributed by atoms with Crippen LogP contribution in [-0.4, -0.2) is 147 Å². The van der Waals surface area contributed by atoms with Gasteiger partial charge in [0, 0.05) is 38.1 Å². The second-order valence-corrected chi connectivity index (χ2v) is 16.3. The van der Waals surface area contributed by atoms with Crippen LogP contribution in [0.4, 0.5) is 0 Å². The van der Waals surface area contributed by atoms with E-state index in [0.29, 0.717) is 13.0 Å². The van der Waals surface area contributed by atoms with Crippen molar-refractivity contribution >= 4 is 5.97 Å². The zero-order chi connectivity index (χ0) is 38.1. The van der Waals surface area contributed by atoms with Crippen LogP contribution >= 0.6 is 0 Å². The zero-order valence-corrected chi connectivity index (χ0v) is 32.3. The van der Waals surface area contributed by atoms with Gasteiger partial charge in [0.05, 0.1) is 41.5 Å². The van der Waals surface area contributed by atoms with E-state index in [4.69, 9.17) is 34.2 Å². The Labute approximate surface area is 298 Å². The zero-order valence-electron chi connectivity index (χ0n) is 32.3. The van der Waals surface area contributed by atoms with E-state index >= 15 is 0 Å². The lowest BCUT2D eigenvalue weighted by atomic mass is 9.77. The van der Waals surface area contributed by atoms with Gasteiger partial charge in [-0.25, -0.2) is 0 Å². The molecule has 0 saturated carbocycles. The molecule has 3 aliphatic heterocycles. The summed E-state index contributed by atoms with van der Waals surface area (Å²) in [5.41, 5.74) is 1.86. The van der Waals surface area contributed by atoms with Gasteiger partial charge in [-0.2, -0.15) is 0 Å². The first kappa shape index (κ1) is 43.4. The summed E-state index contributed by atoms with van der Waals surface area (Å²) in [6.07, 6.45) is -8.74. The number of aliphatic hydroxyl groups is 5. The molecule has 3 rings (SSSR count). The first-order valence-corrected chi connectivity index (χ1v) is 18.3. The number of aliphatic hydroxyl groups excluding tert-OH is 3. The number of nitrogens with two attached hydrogens (primary N) is 1. The molecule has 18 atom stereocenters. The molecule has 3 fully saturated rings. The minimum atomic E-state index is -1.80. The van der Waals surface area contributed by atoms with E-state index in [-0.39, 0.29) is 31.3 Å². The summed E-state index contributed by atoms with van der Waals surface area (Å²) in [4.78, 5) is 16.0. The van der Waals surface area contributed by atoms with Crippen molar-refractivity contribution < 1.29 is 58.7 Å². The lowest BCUT2D eigenvalue weighted by Gasteiger charge is -2.48. The number of rotatable bonds is 6. The third-order valence-corrected chi connectivity index (χ3v) is 11.6. The van der Waals surface area contributed by atoms with Crippen LogP contribution in [0, 0.1) is 17.8 Å². The van der Waals surface area contributed by atoms with Gasteiger partial charge < -0.3 is 64.6 Å². The van der Waals surface area contributed by atoms with E-state index in [2.05, 4.69) is 0 Å². The Hall–Kier alpha value is -1.01. The topological polar surface area (TPSA) is 203 Å². The number of carbonyl (C=O) groups is 1. The highest BCUT2D eigenvalue weighted by Crippen LogP contribution is 2.40. The summed E-state index contributed by atoms with van der Waals surface area (Å²) in [6, 6.07) is -1.17. The lowest BCUT2D eigenvalue weighted by Crippen LogP contribution is -2.60. The molecule has 294 valence electrons. The van der Waals surface area contributed by atoms with Crippen molar-refractivity contribution in [3.05, 3.63) is 0 Å². The third kappa shape index (κ3) is 9.55. The lowest BCUT2D eigenvalue weighted by molar-refractivity contribution is -0.315. The van der Waals surface area contributed by atoms with E-state index in [1.165, 1.54) is 14.0 Å². The van der Waals surface area contributed by atoms with Crippen LogP contribution in [0.5, 0.6) is 0 Å². The molecule has 50 heavy (non-hydrogen) atoms. The second kappa shape index (κ2) is 17.0. The molecule has 0 aromatic carbocycles. The quantitative estimate of drug-likeness (QED) is 0.214. The van der Waals surface area contributed by atoms with Crippen LogP contribution in [-0.2, 0) is 33.2 Å². The molecular formula is C36H68N2O12. The molecule has 0 aliphatic carbocycles. The summed E-state index contributed by atoms with van der Waals surface area (Å²) in [7, 11) is 3.32. The number of esters is 1. The summed E-state index contributed by atoms with van der Waals surface area (Å²) in [5.74, 6) is -2.64. The highest BCUT2D eigenvalue weighted by molar-refractivity contribution is 5.73. The Morgan fingerprint density at radius 3 is 2.16 bits per heavy atom. The van der Waals surface area contributed by atoms with Crippen molar-refractivity contribution in [2.75, 3.05) is 20.7 Å². The number of cyclic esters (lactones) is 1. The van der Waals surface area contributed by atoms with E-state index in [1.807, 2.05) is 25.8 Å². The van der Waals surface area contributed by atoms with Gasteiger partial charge in [-0.05, 0) is 80.7 Å². The van der Waals surface area contributed by atoms with E-state index in [0.717, 1.165) is 0 Å². The summed E-state index contributed by atoms with van der Waals surface area (Å²) >= 11 is 0. The molecule has 7 N–H and O–H groups in total. The molecule has 3 aliphatic rings. The molecule has 0 amide bonds. The monoisotopic (exact) mass is 720 g/mol. The predicted molar refractivity (Wildman–Crippen MR) is 185 cm³/mol. The molecule has 0 spiro atoms. The average molecular weight is 721 g/mol. The SMILES string of the molecule is CC[C@H]1OC(=O)[C@H](C)[C@@H](O[C@@H]2C[C@](C)(OC)[C@H](O)[C@H](C)O2)[C@H](C)[C@@H](O[C@@H]2O[C@H](C)C[C@@H](N)[C@@H]2O)[C@](C)(O)C[C@@H](C)CN(C)[C@H](C)[C@@H](O)[C@]1(C)O. The van der Waals surface area contributed by atoms with Gasteiger partial charge in [0.1, 0.15) is 30.0 Å². The maximum atomic E-state index is 14.1. The Kier molecular flexibility index (Phi) is 14.7. The number of hydrogen-bond donors (Lipinski definition) is 6. The fourth-order valence-electron chi connectivity index (χ4n) is 8.28. The standard InChI is InChI=1S/C36H68N2O12/c1-13-25-36(10,44)29(40)22(6)38(11)17-18(2)15-34(8,43)31(50-33-27(39)24(37)14-19(3)46-33)20(4)28(21(5)32(42)48-25)49-26-16-35(9,45-12)30(41)23(7)47-26/h18-31,33,39-41,43-44H,13-17,37H2,1-12H3/t18-,19-,20+,21-,22-,23+,24-,25-,26-,27+,28+,29-,30-,31-,33+,34-,35+,36-/m1/s1. The first-order chi connectivity index (χ1) is 23.0. The molecular weight excluding hydrogens is 652 g/mol. The van der Waals surface area contributed by atoms with Crippen LogP contribution in [0.3, 0.4) is 0 Å². The minimum Gasteiger partial charge on any atom is -0.459 e. The number of likely N-dealkylation sites (N-methyl/N-ethyl adjacent to an activating group) is 1. The second-order valence-electron chi connectivity index (χ2n) is 16.3. The maximum Gasteiger partial charge on any atom is 0.311 e. The molecule has 0 unspecified atom stereocenters. The van der Waals surface area contributed by atoms with Gasteiger partial charge in [0.25, 0.3) is 0 Å². The highest BCUT2D eigenvalue weighted by Gasteiger charge is 2.52. The predicted octanol–water partition coefficient (Wildman–Crippen LogP) is 1.30. The largest absolute Gasteiger partial charge is 0.459 e. The number of ether oxygens (including phenoxy) is 6. The molecule has 14 heteroatoms. The fourth-order valence-corrected chi connectivity index (χ4v) is 8.28. The van der Waals surface area contributed by atoms with Crippen molar-refractivity contribution in [2.45, 2.75) is 185 Å². The van der Waals surface area contributed by atoms with E-state index in [1.54, 1.807) is 48.5 Å². The normalized spacial score (nSPS) is 51.0. The van der Waals surface area contributed by atoms with Crippen molar-refractivity contribution in [3.63, 3.8) is 0 Å². The van der Waals surface area contributed by atoms with Crippen molar-refractivity contribution in [1.82, 2.24) is 4.90 Å². The third-order valence-electron chi connectivity index (χ3n) is 11.6. The van der Waals surface area contributed by atoms with Crippen LogP contribution in [0.2, 0.25) is 0 Å². The van der Waals surface area contributed by atoms with Gasteiger partial charge in [0.15, 0.2) is 12.6 Å². The van der Waals surface area contributed by atoms with Gasteiger partial charge in [0.2, 0.25) is 0 Å². The summed E-state index contributed by atoms with van der Waals surface area (Å²) in [5, 5.41) is 57.4. The van der Waals surface area contributed by atoms with Crippen LogP contribution in [0.1, 0.15) is 94.9 Å². The maximum absolute atomic E-state index is 14.1. The van der Waals surface area contributed by atoms with Crippen molar-refractivity contribution in [2.24, 2.45) is 23.5 Å². The highest BCUT2D eigenvalue weighted by atomic mass is 16.7.